The van der Waals surface area contributed by atoms with Crippen molar-refractivity contribution in [2.45, 2.75) is 25.9 Å². The molecule has 0 saturated carbocycles. The van der Waals surface area contributed by atoms with E-state index in [-0.39, 0.29) is 16.3 Å². The number of methoxy groups -OCH3 is 1. The molecule has 17 heavy (non-hydrogen) atoms. The van der Waals surface area contributed by atoms with Crippen LogP contribution in [0.2, 0.25) is 5.02 Å². The molecular weight excluding hydrogens is 245 g/mol. The molecule has 0 aliphatic heterocycles. The van der Waals surface area contributed by atoms with Gasteiger partial charge < -0.3 is 15.2 Å². The Bertz CT molecular complexity index is 396. The summed E-state index contributed by atoms with van der Waals surface area (Å²) in [4.78, 5) is 0. The zero-order valence-electron chi connectivity index (χ0n) is 10.2. The molecule has 0 aliphatic rings. The lowest BCUT2D eigenvalue weighted by Crippen LogP contribution is -2.25. The average molecular weight is 262 g/mol. The predicted octanol–water partition coefficient (Wildman–Crippen LogP) is 3.26. The molecule has 0 fully saturated rings. The third kappa shape index (κ3) is 4.06. The van der Waals surface area contributed by atoms with E-state index < -0.39 is 5.82 Å². The van der Waals surface area contributed by atoms with Crippen molar-refractivity contribution in [3.8, 4) is 5.75 Å². The van der Waals surface area contributed by atoms with Crippen LogP contribution in [0.25, 0.3) is 0 Å². The molecule has 5 heteroatoms. The summed E-state index contributed by atoms with van der Waals surface area (Å²) < 4.78 is 23.7. The number of benzene rings is 1. The van der Waals surface area contributed by atoms with E-state index in [1.807, 2.05) is 13.8 Å². The number of nitrogens with two attached hydrogens (primary N) is 1. The topological polar surface area (TPSA) is 44.5 Å². The largest absolute Gasteiger partial charge is 0.491 e. The van der Waals surface area contributed by atoms with Gasteiger partial charge in [-0.15, -0.1) is 0 Å². The summed E-state index contributed by atoms with van der Waals surface area (Å²) in [7, 11) is 1.64. The molecule has 0 aromatic heterocycles. The maximum Gasteiger partial charge on any atom is 0.144 e. The van der Waals surface area contributed by atoms with Gasteiger partial charge in [0.2, 0.25) is 0 Å². The molecular formula is C12H17ClFNO2. The first-order valence-electron chi connectivity index (χ1n) is 5.28. The van der Waals surface area contributed by atoms with Gasteiger partial charge in [0.1, 0.15) is 11.6 Å². The monoisotopic (exact) mass is 261 g/mol. The molecule has 0 spiro atoms. The first-order chi connectivity index (χ1) is 7.85. The summed E-state index contributed by atoms with van der Waals surface area (Å²) in [6, 6.07) is 2.53. The molecule has 3 nitrogen and oxygen atoms in total. The second-order valence-electron chi connectivity index (χ2n) is 4.37. The Balaban J connectivity index is 2.61. The standard InChI is InChI=1S/C12H17ClFNO2/c1-12(2,16-3)4-5-17-11-6-8(13)9(14)7-10(11)15/h6-7H,4-5,15H2,1-3H3. The first-order valence-corrected chi connectivity index (χ1v) is 5.66. The lowest BCUT2D eigenvalue weighted by molar-refractivity contribution is 0.00551. The minimum absolute atomic E-state index is 0.000187. The highest BCUT2D eigenvalue weighted by Crippen LogP contribution is 2.28. The number of hydrogen-bond donors (Lipinski definition) is 1. The molecule has 1 aromatic carbocycles. The summed E-state index contributed by atoms with van der Waals surface area (Å²) in [5.74, 6) is -0.156. The van der Waals surface area contributed by atoms with E-state index in [0.29, 0.717) is 18.8 Å². The third-order valence-corrected chi connectivity index (χ3v) is 2.86. The Labute approximate surface area is 106 Å². The lowest BCUT2D eigenvalue weighted by Gasteiger charge is -2.22. The van der Waals surface area contributed by atoms with Crippen molar-refractivity contribution in [2.24, 2.45) is 0 Å². The van der Waals surface area contributed by atoms with Gasteiger partial charge >= 0.3 is 0 Å². The van der Waals surface area contributed by atoms with E-state index in [0.717, 1.165) is 6.07 Å². The van der Waals surface area contributed by atoms with Crippen LogP contribution < -0.4 is 10.5 Å². The summed E-state index contributed by atoms with van der Waals surface area (Å²) in [5, 5.41) is 0.000187. The van der Waals surface area contributed by atoms with Gasteiger partial charge in [-0.1, -0.05) is 11.6 Å². The number of ether oxygens (including phenoxy) is 2. The molecule has 0 saturated heterocycles. The van der Waals surface area contributed by atoms with Gasteiger partial charge in [-0.05, 0) is 13.8 Å². The van der Waals surface area contributed by atoms with E-state index in [4.69, 9.17) is 26.8 Å². The molecule has 96 valence electrons. The van der Waals surface area contributed by atoms with E-state index in [2.05, 4.69) is 0 Å². The van der Waals surface area contributed by atoms with E-state index in [9.17, 15) is 4.39 Å². The normalized spacial score (nSPS) is 11.6. The van der Waals surface area contributed by atoms with Gasteiger partial charge in [-0.3, -0.25) is 0 Å². The van der Waals surface area contributed by atoms with Crippen LogP contribution in [-0.2, 0) is 4.74 Å². The Hall–Kier alpha value is -1.00. The molecule has 0 unspecified atom stereocenters. The van der Waals surface area contributed by atoms with Gasteiger partial charge in [0.25, 0.3) is 0 Å². The van der Waals surface area contributed by atoms with Crippen LogP contribution in [0.1, 0.15) is 20.3 Å². The quantitative estimate of drug-likeness (QED) is 0.828. The van der Waals surface area contributed by atoms with Crippen molar-refractivity contribution in [1.82, 2.24) is 0 Å². The maximum absolute atomic E-state index is 13.0. The van der Waals surface area contributed by atoms with Crippen LogP contribution in [0.3, 0.4) is 0 Å². The number of nitrogen functional groups attached to an aromatic ring is 1. The van der Waals surface area contributed by atoms with Gasteiger partial charge in [0.05, 0.1) is 22.9 Å². The third-order valence-electron chi connectivity index (χ3n) is 2.57. The second kappa shape index (κ2) is 5.56. The van der Waals surface area contributed by atoms with Crippen molar-refractivity contribution in [3.05, 3.63) is 23.0 Å². The highest BCUT2D eigenvalue weighted by Gasteiger charge is 2.16. The predicted molar refractivity (Wildman–Crippen MR) is 67.0 cm³/mol. The van der Waals surface area contributed by atoms with Gasteiger partial charge in [-0.2, -0.15) is 0 Å². The SMILES string of the molecule is COC(C)(C)CCOc1cc(Cl)c(F)cc1N. The van der Waals surface area contributed by atoms with Crippen molar-refractivity contribution < 1.29 is 13.9 Å². The highest BCUT2D eigenvalue weighted by molar-refractivity contribution is 6.31. The zero-order chi connectivity index (χ0) is 13.1. The molecule has 0 atom stereocenters. The fraction of sp³-hybridized carbons (Fsp3) is 0.500. The van der Waals surface area contributed by atoms with Crippen LogP contribution in [-0.4, -0.2) is 19.3 Å². The van der Waals surface area contributed by atoms with Crippen LogP contribution in [0.4, 0.5) is 10.1 Å². The van der Waals surface area contributed by atoms with Crippen LogP contribution >= 0.6 is 11.6 Å². The van der Waals surface area contributed by atoms with E-state index in [1.165, 1.54) is 6.07 Å². The van der Waals surface area contributed by atoms with Crippen LogP contribution in [0.5, 0.6) is 5.75 Å². The Kier molecular flexibility index (Phi) is 4.60. The first kappa shape index (κ1) is 14.1. The number of hydrogen-bond acceptors (Lipinski definition) is 3. The Morgan fingerprint density at radius 3 is 2.65 bits per heavy atom. The minimum Gasteiger partial charge on any atom is -0.491 e. The number of anilines is 1. The molecule has 1 aromatic rings. The van der Waals surface area contributed by atoms with Gasteiger partial charge in [-0.25, -0.2) is 4.39 Å². The molecule has 0 amide bonds. The summed E-state index contributed by atoms with van der Waals surface area (Å²) in [6.45, 7) is 4.34. The Morgan fingerprint density at radius 1 is 1.41 bits per heavy atom. The van der Waals surface area contributed by atoms with E-state index in [1.54, 1.807) is 7.11 Å². The highest BCUT2D eigenvalue weighted by atomic mass is 35.5. The van der Waals surface area contributed by atoms with Crippen LogP contribution in [0.15, 0.2) is 12.1 Å². The lowest BCUT2D eigenvalue weighted by atomic mass is 10.1. The zero-order valence-corrected chi connectivity index (χ0v) is 11.0. The smallest absolute Gasteiger partial charge is 0.144 e. The molecule has 0 aliphatic carbocycles. The van der Waals surface area contributed by atoms with Crippen LogP contribution in [0, 0.1) is 5.82 Å². The number of halogens is 2. The fourth-order valence-corrected chi connectivity index (χ4v) is 1.33. The second-order valence-corrected chi connectivity index (χ2v) is 4.77. The van der Waals surface area contributed by atoms with Crippen molar-refractivity contribution in [2.75, 3.05) is 19.5 Å². The summed E-state index contributed by atoms with van der Waals surface area (Å²) in [5.41, 5.74) is 5.59. The molecule has 0 radical (unpaired) electrons. The van der Waals surface area contributed by atoms with Crippen molar-refractivity contribution >= 4 is 17.3 Å². The molecule has 0 heterocycles. The Morgan fingerprint density at radius 2 is 2.06 bits per heavy atom. The van der Waals surface area contributed by atoms with Gasteiger partial charge in [0, 0.05) is 25.7 Å². The average Bonchev–Trinajstić information content (AvgIpc) is 2.25. The van der Waals surface area contributed by atoms with Crippen molar-refractivity contribution in [1.29, 1.82) is 0 Å². The summed E-state index contributed by atoms with van der Waals surface area (Å²) >= 11 is 5.65. The number of rotatable bonds is 5. The maximum atomic E-state index is 13.0. The molecule has 0 bridgehead atoms. The fourth-order valence-electron chi connectivity index (χ4n) is 1.18. The minimum atomic E-state index is -0.547. The summed E-state index contributed by atoms with van der Waals surface area (Å²) in [6.07, 6.45) is 0.692. The van der Waals surface area contributed by atoms with E-state index >= 15 is 0 Å². The molecule has 1 rings (SSSR count). The molecule has 2 N–H and O–H groups in total. The van der Waals surface area contributed by atoms with Gasteiger partial charge in [0.15, 0.2) is 0 Å². The van der Waals surface area contributed by atoms with Crippen molar-refractivity contribution in [3.63, 3.8) is 0 Å².